The van der Waals surface area contributed by atoms with Crippen LogP contribution in [0.4, 0.5) is 13.2 Å². The lowest BCUT2D eigenvalue weighted by Crippen LogP contribution is -2.09. The molecular formula is C9H8F3N3. The zero-order valence-corrected chi connectivity index (χ0v) is 7.75. The maximum Gasteiger partial charge on any atom is 0.436 e. The van der Waals surface area contributed by atoms with E-state index in [-0.39, 0.29) is 0 Å². The topological polar surface area (TPSA) is 41.6 Å². The molecule has 0 bridgehead atoms. The summed E-state index contributed by atoms with van der Waals surface area (Å²) in [6.45, 7) is 0.477. The molecule has 1 aliphatic rings. The molecule has 2 rings (SSSR count). The lowest BCUT2D eigenvalue weighted by molar-refractivity contribution is -0.141. The van der Waals surface area contributed by atoms with Crippen LogP contribution in [-0.2, 0) is 12.7 Å². The first kappa shape index (κ1) is 10.0. The van der Waals surface area contributed by atoms with E-state index < -0.39 is 17.4 Å². The molecule has 1 aromatic heterocycles. The number of rotatable bonds is 2. The normalized spacial score (nSPS) is 16.4. The maximum absolute atomic E-state index is 12.4. The highest BCUT2D eigenvalue weighted by Crippen LogP contribution is 2.33. The van der Waals surface area contributed by atoms with Gasteiger partial charge < -0.3 is 0 Å². The highest BCUT2D eigenvalue weighted by molar-refractivity contribution is 5.32. The summed E-state index contributed by atoms with van der Waals surface area (Å²) in [5.41, 5.74) is -1.48. The van der Waals surface area contributed by atoms with Crippen LogP contribution in [0.1, 0.15) is 24.1 Å². The molecule has 0 unspecified atom stereocenters. The monoisotopic (exact) mass is 215 g/mol. The Morgan fingerprint density at radius 1 is 1.53 bits per heavy atom. The maximum atomic E-state index is 12.4. The Morgan fingerprint density at radius 3 is 2.60 bits per heavy atom. The molecule has 3 nitrogen and oxygen atoms in total. The minimum atomic E-state index is -4.54. The van der Waals surface area contributed by atoms with Crippen molar-refractivity contribution in [2.24, 2.45) is 5.92 Å². The van der Waals surface area contributed by atoms with E-state index in [0.717, 1.165) is 12.8 Å². The van der Waals surface area contributed by atoms with Gasteiger partial charge in [0, 0.05) is 12.7 Å². The number of alkyl halides is 3. The third-order valence-corrected chi connectivity index (χ3v) is 2.29. The number of hydrogen-bond donors (Lipinski definition) is 0. The summed E-state index contributed by atoms with van der Waals surface area (Å²) >= 11 is 0. The van der Waals surface area contributed by atoms with E-state index in [1.165, 1.54) is 16.9 Å². The highest BCUT2D eigenvalue weighted by Gasteiger charge is 2.37. The van der Waals surface area contributed by atoms with Crippen molar-refractivity contribution in [3.8, 4) is 6.07 Å². The van der Waals surface area contributed by atoms with Gasteiger partial charge in [0.05, 0.1) is 0 Å². The smallest absolute Gasteiger partial charge is 0.270 e. The zero-order chi connectivity index (χ0) is 11.1. The largest absolute Gasteiger partial charge is 0.436 e. The SMILES string of the molecule is N#Cc1cn(CC2CC2)nc1C(F)(F)F. The molecule has 80 valence electrons. The van der Waals surface area contributed by atoms with Crippen LogP contribution in [0, 0.1) is 17.2 Å². The molecule has 6 heteroatoms. The minimum absolute atomic E-state index is 0.400. The van der Waals surface area contributed by atoms with Crippen LogP contribution in [-0.4, -0.2) is 9.78 Å². The molecule has 0 aromatic carbocycles. The number of aromatic nitrogens is 2. The van der Waals surface area contributed by atoms with Gasteiger partial charge in [-0.15, -0.1) is 0 Å². The summed E-state index contributed by atoms with van der Waals surface area (Å²) in [5.74, 6) is 0.428. The second-order valence-corrected chi connectivity index (χ2v) is 3.67. The Labute approximate surface area is 84.1 Å². The van der Waals surface area contributed by atoms with Crippen molar-refractivity contribution in [3.05, 3.63) is 17.5 Å². The highest BCUT2D eigenvalue weighted by atomic mass is 19.4. The van der Waals surface area contributed by atoms with Crippen molar-refractivity contribution in [2.45, 2.75) is 25.6 Å². The molecule has 0 radical (unpaired) electrons. The van der Waals surface area contributed by atoms with Crippen LogP contribution >= 0.6 is 0 Å². The van der Waals surface area contributed by atoms with Crippen molar-refractivity contribution in [1.29, 1.82) is 5.26 Å². The van der Waals surface area contributed by atoms with Crippen LogP contribution in [0.3, 0.4) is 0 Å². The van der Waals surface area contributed by atoms with Gasteiger partial charge in [-0.2, -0.15) is 23.5 Å². The van der Waals surface area contributed by atoms with Gasteiger partial charge in [-0.3, -0.25) is 4.68 Å². The van der Waals surface area contributed by atoms with E-state index in [0.29, 0.717) is 12.5 Å². The first-order valence-electron chi connectivity index (χ1n) is 4.55. The summed E-state index contributed by atoms with van der Waals surface area (Å²) < 4.78 is 38.3. The third-order valence-electron chi connectivity index (χ3n) is 2.29. The minimum Gasteiger partial charge on any atom is -0.270 e. The lowest BCUT2D eigenvalue weighted by atomic mass is 10.3. The van der Waals surface area contributed by atoms with Gasteiger partial charge in [-0.1, -0.05) is 0 Å². The van der Waals surface area contributed by atoms with E-state index >= 15 is 0 Å². The molecule has 0 atom stereocenters. The molecule has 15 heavy (non-hydrogen) atoms. The van der Waals surface area contributed by atoms with Crippen LogP contribution in [0.25, 0.3) is 0 Å². The second-order valence-electron chi connectivity index (χ2n) is 3.67. The van der Waals surface area contributed by atoms with Crippen LogP contribution in [0.5, 0.6) is 0 Å². The standard InChI is InChI=1S/C9H8F3N3/c10-9(11,12)8-7(3-13)5-15(14-8)4-6-1-2-6/h5-6H,1-2,4H2. The molecule has 1 fully saturated rings. The van der Waals surface area contributed by atoms with Crippen LogP contribution in [0.2, 0.25) is 0 Å². The van der Waals surface area contributed by atoms with E-state index in [1.54, 1.807) is 0 Å². The number of halogens is 3. The molecule has 0 aliphatic heterocycles. The van der Waals surface area contributed by atoms with Gasteiger partial charge in [0.15, 0.2) is 5.69 Å². The Kier molecular flexibility index (Phi) is 2.18. The van der Waals surface area contributed by atoms with Crippen molar-refractivity contribution >= 4 is 0 Å². The van der Waals surface area contributed by atoms with Crippen LogP contribution < -0.4 is 0 Å². The van der Waals surface area contributed by atoms with Crippen LogP contribution in [0.15, 0.2) is 6.20 Å². The molecule has 1 aliphatic carbocycles. The van der Waals surface area contributed by atoms with E-state index in [4.69, 9.17) is 5.26 Å². The average molecular weight is 215 g/mol. The molecule has 1 aromatic rings. The van der Waals surface area contributed by atoms with E-state index in [2.05, 4.69) is 5.10 Å². The van der Waals surface area contributed by atoms with Crippen molar-refractivity contribution in [3.63, 3.8) is 0 Å². The molecule has 1 heterocycles. The average Bonchev–Trinajstić information content (AvgIpc) is 2.81. The lowest BCUT2D eigenvalue weighted by Gasteiger charge is -2.01. The van der Waals surface area contributed by atoms with Crippen molar-refractivity contribution < 1.29 is 13.2 Å². The number of nitriles is 1. The first-order valence-corrected chi connectivity index (χ1v) is 4.55. The Hall–Kier alpha value is -1.51. The predicted octanol–water partition coefficient (Wildman–Crippen LogP) is 2.18. The number of hydrogen-bond acceptors (Lipinski definition) is 2. The molecule has 0 amide bonds. The Morgan fingerprint density at radius 2 is 2.20 bits per heavy atom. The van der Waals surface area contributed by atoms with Gasteiger partial charge in [0.25, 0.3) is 0 Å². The van der Waals surface area contributed by atoms with Gasteiger partial charge in [0.2, 0.25) is 0 Å². The summed E-state index contributed by atoms with van der Waals surface area (Å²) in [6.07, 6.45) is -1.31. The third kappa shape index (κ3) is 2.12. The Bertz CT molecular complexity index is 409. The van der Waals surface area contributed by atoms with Crippen molar-refractivity contribution in [2.75, 3.05) is 0 Å². The first-order chi connectivity index (χ1) is 7.00. The summed E-state index contributed by atoms with van der Waals surface area (Å²) in [4.78, 5) is 0. The molecule has 0 N–H and O–H groups in total. The van der Waals surface area contributed by atoms with E-state index in [1.807, 2.05) is 0 Å². The fourth-order valence-electron chi connectivity index (χ4n) is 1.37. The van der Waals surface area contributed by atoms with Crippen molar-refractivity contribution in [1.82, 2.24) is 9.78 Å². The summed E-state index contributed by atoms with van der Waals surface area (Å²) in [6, 6.07) is 1.51. The van der Waals surface area contributed by atoms with Gasteiger partial charge in [0.1, 0.15) is 11.6 Å². The number of nitrogens with zero attached hydrogens (tertiary/aromatic N) is 3. The quantitative estimate of drug-likeness (QED) is 0.758. The van der Waals surface area contributed by atoms with E-state index in [9.17, 15) is 13.2 Å². The van der Waals surface area contributed by atoms with Gasteiger partial charge in [-0.25, -0.2) is 0 Å². The Balaban J connectivity index is 2.28. The zero-order valence-electron chi connectivity index (χ0n) is 7.75. The van der Waals surface area contributed by atoms with Gasteiger partial charge in [-0.05, 0) is 18.8 Å². The second kappa shape index (κ2) is 3.26. The molecular weight excluding hydrogens is 207 g/mol. The molecule has 1 saturated carbocycles. The molecule has 0 saturated heterocycles. The summed E-state index contributed by atoms with van der Waals surface area (Å²) in [7, 11) is 0. The fourth-order valence-corrected chi connectivity index (χ4v) is 1.37. The fraction of sp³-hybridized carbons (Fsp3) is 0.556. The summed E-state index contributed by atoms with van der Waals surface area (Å²) in [5, 5.41) is 11.9. The predicted molar refractivity (Wildman–Crippen MR) is 44.7 cm³/mol. The molecule has 0 spiro atoms. The van der Waals surface area contributed by atoms with Gasteiger partial charge >= 0.3 is 6.18 Å².